The van der Waals surface area contributed by atoms with Crippen LogP contribution >= 0.6 is 11.8 Å². The molecule has 0 bridgehead atoms. The van der Waals surface area contributed by atoms with Gasteiger partial charge in [0.15, 0.2) is 0 Å². The first-order valence-corrected chi connectivity index (χ1v) is 6.07. The van der Waals surface area contributed by atoms with Crippen LogP contribution in [0.25, 0.3) is 0 Å². The summed E-state index contributed by atoms with van der Waals surface area (Å²) in [4.78, 5) is 1.34. The Bertz CT molecular complexity index is 396. The van der Waals surface area contributed by atoms with Crippen molar-refractivity contribution in [3.8, 4) is 0 Å². The molecule has 0 saturated heterocycles. The van der Waals surface area contributed by atoms with Crippen molar-refractivity contribution in [3.63, 3.8) is 0 Å². The highest BCUT2D eigenvalue weighted by Gasteiger charge is 2.00. The van der Waals surface area contributed by atoms with E-state index in [1.165, 1.54) is 16.0 Å². The van der Waals surface area contributed by atoms with Crippen LogP contribution in [0, 0.1) is 0 Å². The van der Waals surface area contributed by atoms with Gasteiger partial charge in [0.1, 0.15) is 0 Å². The lowest BCUT2D eigenvalue weighted by molar-refractivity contribution is 1.35. The van der Waals surface area contributed by atoms with E-state index in [1.54, 1.807) is 0 Å². The van der Waals surface area contributed by atoms with Gasteiger partial charge in [-0.3, -0.25) is 0 Å². The molecule has 0 nitrogen and oxygen atoms in total. The van der Waals surface area contributed by atoms with E-state index in [1.807, 2.05) is 11.8 Å². The van der Waals surface area contributed by atoms with Crippen molar-refractivity contribution in [2.75, 3.05) is 5.75 Å². The molecular formula is C14H14S. The minimum Gasteiger partial charge on any atom is -0.122 e. The first-order valence-electron chi connectivity index (χ1n) is 5.08. The second-order valence-electron chi connectivity index (χ2n) is 3.56. The van der Waals surface area contributed by atoms with Crippen molar-refractivity contribution in [1.29, 1.82) is 0 Å². The highest BCUT2D eigenvalue weighted by Crippen LogP contribution is 2.23. The van der Waals surface area contributed by atoms with Crippen LogP contribution in [0.15, 0.2) is 70.7 Å². The van der Waals surface area contributed by atoms with Gasteiger partial charge in [-0.1, -0.05) is 48.1 Å². The fraction of sp³-hybridized carbons (Fsp3) is 0.143. The number of thioether (sulfide) groups is 1. The van der Waals surface area contributed by atoms with Gasteiger partial charge in [0.2, 0.25) is 0 Å². The van der Waals surface area contributed by atoms with Gasteiger partial charge in [0.25, 0.3) is 0 Å². The van der Waals surface area contributed by atoms with Crippen LogP contribution < -0.4 is 0 Å². The second kappa shape index (κ2) is 5.04. The second-order valence-corrected chi connectivity index (χ2v) is 4.60. The van der Waals surface area contributed by atoms with Gasteiger partial charge < -0.3 is 0 Å². The minimum atomic E-state index is 1.06. The van der Waals surface area contributed by atoms with E-state index in [2.05, 4.69) is 61.6 Å². The molecule has 1 aromatic carbocycles. The molecule has 0 fully saturated rings. The lowest BCUT2D eigenvalue weighted by atomic mass is 10.2. The SMILES string of the molecule is CC(CSc1ccccc1)=C1C=CC=C1. The van der Waals surface area contributed by atoms with Crippen LogP contribution in [0.3, 0.4) is 0 Å². The third-order valence-electron chi connectivity index (χ3n) is 2.35. The Morgan fingerprint density at radius 1 is 1.07 bits per heavy atom. The molecule has 1 aliphatic rings. The lowest BCUT2D eigenvalue weighted by Gasteiger charge is -2.03. The zero-order valence-corrected chi connectivity index (χ0v) is 9.63. The van der Waals surface area contributed by atoms with Crippen molar-refractivity contribution in [3.05, 3.63) is 65.8 Å². The van der Waals surface area contributed by atoms with E-state index < -0.39 is 0 Å². The molecule has 1 aliphatic carbocycles. The average molecular weight is 214 g/mol. The van der Waals surface area contributed by atoms with Crippen LogP contribution in [0.2, 0.25) is 0 Å². The van der Waals surface area contributed by atoms with E-state index in [0.29, 0.717) is 0 Å². The predicted molar refractivity (Wildman–Crippen MR) is 68.1 cm³/mol. The lowest BCUT2D eigenvalue weighted by Crippen LogP contribution is -1.85. The Balaban J connectivity index is 1.97. The Labute approximate surface area is 95.4 Å². The van der Waals surface area contributed by atoms with E-state index in [4.69, 9.17) is 0 Å². The van der Waals surface area contributed by atoms with E-state index >= 15 is 0 Å². The first kappa shape index (κ1) is 10.3. The Hall–Kier alpha value is -1.21. The van der Waals surface area contributed by atoms with Crippen LogP contribution in [0.4, 0.5) is 0 Å². The number of benzene rings is 1. The smallest absolute Gasteiger partial charge is 0.0196 e. The van der Waals surface area contributed by atoms with E-state index in [-0.39, 0.29) is 0 Å². The molecule has 76 valence electrons. The highest BCUT2D eigenvalue weighted by atomic mass is 32.2. The summed E-state index contributed by atoms with van der Waals surface area (Å²) in [6.07, 6.45) is 8.51. The summed E-state index contributed by atoms with van der Waals surface area (Å²) >= 11 is 1.89. The van der Waals surface area contributed by atoms with Crippen LogP contribution in [0.1, 0.15) is 6.92 Å². The summed E-state index contributed by atoms with van der Waals surface area (Å²) in [5.74, 6) is 1.06. The number of hydrogen-bond donors (Lipinski definition) is 0. The average Bonchev–Trinajstić information content (AvgIpc) is 2.81. The van der Waals surface area contributed by atoms with Crippen molar-refractivity contribution in [2.24, 2.45) is 0 Å². The Morgan fingerprint density at radius 3 is 2.40 bits per heavy atom. The van der Waals surface area contributed by atoms with Gasteiger partial charge in [-0.2, -0.15) is 0 Å². The van der Waals surface area contributed by atoms with Crippen molar-refractivity contribution in [1.82, 2.24) is 0 Å². The molecule has 0 N–H and O–H groups in total. The zero-order chi connectivity index (χ0) is 10.5. The summed E-state index contributed by atoms with van der Waals surface area (Å²) in [5.41, 5.74) is 2.80. The summed E-state index contributed by atoms with van der Waals surface area (Å²) in [6.45, 7) is 2.20. The summed E-state index contributed by atoms with van der Waals surface area (Å²) in [6, 6.07) is 10.5. The molecule has 15 heavy (non-hydrogen) atoms. The molecule has 0 atom stereocenters. The molecule has 0 amide bonds. The van der Waals surface area contributed by atoms with Gasteiger partial charge in [-0.05, 0) is 24.6 Å². The molecule has 1 aromatic rings. The zero-order valence-electron chi connectivity index (χ0n) is 8.81. The predicted octanol–water partition coefficient (Wildman–Crippen LogP) is 4.22. The molecule has 0 unspecified atom stereocenters. The summed E-state index contributed by atoms with van der Waals surface area (Å²) in [7, 11) is 0. The maximum atomic E-state index is 2.20. The minimum absolute atomic E-state index is 1.06. The third-order valence-corrected chi connectivity index (χ3v) is 3.54. The standard InChI is InChI=1S/C14H14S/c1-12(13-7-5-6-8-13)11-15-14-9-3-2-4-10-14/h2-10H,11H2,1H3. The van der Waals surface area contributed by atoms with Crippen LogP contribution in [-0.4, -0.2) is 5.75 Å². The maximum absolute atomic E-state index is 2.20. The number of rotatable bonds is 3. The third kappa shape index (κ3) is 2.87. The van der Waals surface area contributed by atoms with Crippen LogP contribution in [-0.2, 0) is 0 Å². The van der Waals surface area contributed by atoms with Gasteiger partial charge in [0.05, 0.1) is 0 Å². The fourth-order valence-corrected chi connectivity index (χ4v) is 2.35. The highest BCUT2D eigenvalue weighted by molar-refractivity contribution is 7.99. The molecular weight excluding hydrogens is 200 g/mol. The fourth-order valence-electron chi connectivity index (χ4n) is 1.45. The Morgan fingerprint density at radius 2 is 1.73 bits per heavy atom. The molecule has 0 heterocycles. The van der Waals surface area contributed by atoms with Gasteiger partial charge >= 0.3 is 0 Å². The van der Waals surface area contributed by atoms with Crippen molar-refractivity contribution >= 4 is 11.8 Å². The van der Waals surface area contributed by atoms with Crippen molar-refractivity contribution in [2.45, 2.75) is 11.8 Å². The van der Waals surface area contributed by atoms with E-state index in [0.717, 1.165) is 5.75 Å². The van der Waals surface area contributed by atoms with Gasteiger partial charge in [0, 0.05) is 10.6 Å². The molecule has 0 radical (unpaired) electrons. The summed E-state index contributed by atoms with van der Waals surface area (Å²) < 4.78 is 0. The monoisotopic (exact) mass is 214 g/mol. The number of allylic oxidation sites excluding steroid dienone is 5. The van der Waals surface area contributed by atoms with Crippen LogP contribution in [0.5, 0.6) is 0 Å². The molecule has 0 saturated carbocycles. The topological polar surface area (TPSA) is 0 Å². The molecule has 0 aromatic heterocycles. The Kier molecular flexibility index (Phi) is 3.46. The molecule has 2 rings (SSSR count). The molecule has 0 aliphatic heterocycles. The summed E-state index contributed by atoms with van der Waals surface area (Å²) in [5, 5.41) is 0. The maximum Gasteiger partial charge on any atom is 0.0196 e. The van der Waals surface area contributed by atoms with Gasteiger partial charge in [-0.15, -0.1) is 11.8 Å². The first-order chi connectivity index (χ1) is 7.36. The normalized spacial score (nSPS) is 13.5. The van der Waals surface area contributed by atoms with E-state index in [9.17, 15) is 0 Å². The largest absolute Gasteiger partial charge is 0.122 e. The molecule has 1 heteroatoms. The van der Waals surface area contributed by atoms with Gasteiger partial charge in [-0.25, -0.2) is 0 Å². The van der Waals surface area contributed by atoms with Crippen molar-refractivity contribution < 1.29 is 0 Å². The quantitative estimate of drug-likeness (QED) is 0.679. The number of hydrogen-bond acceptors (Lipinski definition) is 1. The molecule has 0 spiro atoms.